The Morgan fingerprint density at radius 3 is 2.72 bits per heavy atom. The molecule has 18 heavy (non-hydrogen) atoms. The van der Waals surface area contributed by atoms with Crippen LogP contribution < -0.4 is 0 Å². The second-order valence-corrected chi connectivity index (χ2v) is 6.09. The molecule has 1 N–H and O–H groups in total. The van der Waals surface area contributed by atoms with Crippen molar-refractivity contribution >= 4 is 5.78 Å². The Bertz CT molecular complexity index is 412. The van der Waals surface area contributed by atoms with Crippen LogP contribution in [-0.2, 0) is 10.2 Å². The normalized spacial score (nSPS) is 17.9. The Morgan fingerprint density at radius 2 is 2.11 bits per heavy atom. The number of hydrogen-bond acceptors (Lipinski definition) is 3. The molecule has 0 atom stereocenters. The van der Waals surface area contributed by atoms with E-state index in [0.29, 0.717) is 12.3 Å². The minimum absolute atomic E-state index is 0.0723. The van der Waals surface area contributed by atoms with E-state index >= 15 is 0 Å². The Kier molecular flexibility index (Phi) is 3.85. The van der Waals surface area contributed by atoms with E-state index in [-0.39, 0.29) is 11.2 Å². The topological polar surface area (TPSA) is 55.0 Å². The van der Waals surface area contributed by atoms with Crippen molar-refractivity contribution < 1.29 is 9.53 Å². The molecule has 0 radical (unpaired) electrons. The van der Waals surface area contributed by atoms with Gasteiger partial charge in [-0.2, -0.15) is 5.10 Å². The highest BCUT2D eigenvalue weighted by molar-refractivity contribution is 5.97. The molecule has 100 valence electrons. The molecule has 0 aromatic carbocycles. The van der Waals surface area contributed by atoms with E-state index in [4.69, 9.17) is 4.74 Å². The Balaban J connectivity index is 2.07. The van der Waals surface area contributed by atoms with Gasteiger partial charge in [0.25, 0.3) is 0 Å². The smallest absolute Gasteiger partial charge is 0.166 e. The van der Waals surface area contributed by atoms with Crippen LogP contribution in [0, 0.1) is 5.92 Å². The fourth-order valence-electron chi connectivity index (χ4n) is 2.39. The third kappa shape index (κ3) is 2.99. The molecule has 2 heterocycles. The second-order valence-electron chi connectivity index (χ2n) is 6.09. The van der Waals surface area contributed by atoms with Crippen LogP contribution in [0.1, 0.15) is 56.1 Å². The molecule has 0 amide bonds. The fourth-order valence-corrected chi connectivity index (χ4v) is 2.39. The van der Waals surface area contributed by atoms with E-state index in [2.05, 4.69) is 31.0 Å². The number of nitrogens with zero attached hydrogens (tertiary/aromatic N) is 1. The van der Waals surface area contributed by atoms with Gasteiger partial charge in [0.05, 0.1) is 17.5 Å². The summed E-state index contributed by atoms with van der Waals surface area (Å²) in [6.45, 7) is 7.84. The van der Waals surface area contributed by atoms with Crippen molar-refractivity contribution in [3.8, 4) is 0 Å². The van der Waals surface area contributed by atoms with Crippen molar-refractivity contribution in [2.24, 2.45) is 5.92 Å². The monoisotopic (exact) mass is 250 g/mol. The molecule has 0 unspecified atom stereocenters. The Morgan fingerprint density at radius 1 is 1.44 bits per heavy atom. The summed E-state index contributed by atoms with van der Waals surface area (Å²) < 4.78 is 5.32. The first-order chi connectivity index (χ1) is 8.48. The van der Waals surface area contributed by atoms with Gasteiger partial charge in [0, 0.05) is 25.0 Å². The third-order valence-corrected chi connectivity index (χ3v) is 3.50. The zero-order valence-electron chi connectivity index (χ0n) is 11.5. The first-order valence-corrected chi connectivity index (χ1v) is 6.63. The van der Waals surface area contributed by atoms with Crippen LogP contribution in [0.25, 0.3) is 0 Å². The van der Waals surface area contributed by atoms with E-state index in [0.717, 1.165) is 37.3 Å². The maximum Gasteiger partial charge on any atom is 0.166 e. The van der Waals surface area contributed by atoms with Crippen LogP contribution in [0.5, 0.6) is 0 Å². The van der Waals surface area contributed by atoms with Crippen molar-refractivity contribution in [3.05, 3.63) is 17.5 Å². The number of H-pyrrole nitrogens is 1. The number of nitrogens with one attached hydrogen (secondary N) is 1. The summed E-state index contributed by atoms with van der Waals surface area (Å²) in [7, 11) is 0. The van der Waals surface area contributed by atoms with Crippen LogP contribution in [0.2, 0.25) is 0 Å². The largest absolute Gasteiger partial charge is 0.381 e. The lowest BCUT2D eigenvalue weighted by Gasteiger charge is -2.22. The van der Waals surface area contributed by atoms with Crippen molar-refractivity contribution in [1.29, 1.82) is 0 Å². The number of hydrogen-bond donors (Lipinski definition) is 1. The summed E-state index contributed by atoms with van der Waals surface area (Å²) in [5.41, 5.74) is 1.63. The predicted octanol–water partition coefficient (Wildman–Crippen LogP) is 2.71. The molecule has 0 aliphatic carbocycles. The summed E-state index contributed by atoms with van der Waals surface area (Å²) in [4.78, 5) is 12.3. The predicted molar refractivity (Wildman–Crippen MR) is 69.8 cm³/mol. The molecule has 1 aliphatic rings. The first-order valence-electron chi connectivity index (χ1n) is 6.63. The number of rotatable bonds is 3. The maximum atomic E-state index is 12.3. The SMILES string of the molecule is CC(C)(C)c1[nH]ncc1C(=O)CC1CCOCC1. The van der Waals surface area contributed by atoms with Gasteiger partial charge in [-0.3, -0.25) is 9.89 Å². The zero-order chi connectivity index (χ0) is 13.2. The van der Waals surface area contributed by atoms with E-state index in [9.17, 15) is 4.79 Å². The van der Waals surface area contributed by atoms with Gasteiger partial charge in [-0.1, -0.05) is 20.8 Å². The van der Waals surface area contributed by atoms with Crippen molar-refractivity contribution in [3.63, 3.8) is 0 Å². The van der Waals surface area contributed by atoms with Gasteiger partial charge < -0.3 is 4.74 Å². The number of ether oxygens (including phenoxy) is 1. The van der Waals surface area contributed by atoms with E-state index in [1.807, 2.05) is 0 Å². The molecule has 4 nitrogen and oxygen atoms in total. The summed E-state index contributed by atoms with van der Waals surface area (Å²) in [6.07, 6.45) is 4.27. The quantitative estimate of drug-likeness (QED) is 0.839. The van der Waals surface area contributed by atoms with Crippen LogP contribution in [0.4, 0.5) is 0 Å². The number of Topliss-reactive ketones (excluding diaryl/α,β-unsaturated/α-hetero) is 1. The average molecular weight is 250 g/mol. The molecule has 1 aromatic rings. The van der Waals surface area contributed by atoms with Crippen LogP contribution >= 0.6 is 0 Å². The first kappa shape index (κ1) is 13.3. The average Bonchev–Trinajstić information content (AvgIpc) is 2.79. The minimum atomic E-state index is -0.0723. The van der Waals surface area contributed by atoms with E-state index < -0.39 is 0 Å². The molecular weight excluding hydrogens is 228 g/mol. The molecule has 1 saturated heterocycles. The highest BCUT2D eigenvalue weighted by atomic mass is 16.5. The van der Waals surface area contributed by atoms with E-state index in [1.165, 1.54) is 0 Å². The highest BCUT2D eigenvalue weighted by Gasteiger charge is 2.26. The molecule has 0 spiro atoms. The van der Waals surface area contributed by atoms with Crippen LogP contribution in [-0.4, -0.2) is 29.2 Å². The number of carbonyl (C=O) groups is 1. The molecule has 4 heteroatoms. The zero-order valence-corrected chi connectivity index (χ0v) is 11.5. The number of aromatic nitrogens is 2. The number of ketones is 1. The molecule has 0 saturated carbocycles. The van der Waals surface area contributed by atoms with Crippen molar-refractivity contribution in [2.45, 2.75) is 45.4 Å². The highest BCUT2D eigenvalue weighted by Crippen LogP contribution is 2.27. The fraction of sp³-hybridized carbons (Fsp3) is 0.714. The standard InChI is InChI=1S/C14H22N2O2/c1-14(2,3)13-11(9-15-16-13)12(17)8-10-4-6-18-7-5-10/h9-10H,4-8H2,1-3H3,(H,15,16). The molecule has 1 aromatic heterocycles. The van der Waals surface area contributed by atoms with Gasteiger partial charge in [0.1, 0.15) is 0 Å². The summed E-state index contributed by atoms with van der Waals surface area (Å²) in [5.74, 6) is 0.676. The number of aromatic amines is 1. The molecule has 1 aliphatic heterocycles. The Hall–Kier alpha value is -1.16. The number of carbonyl (C=O) groups excluding carboxylic acids is 1. The van der Waals surface area contributed by atoms with Crippen LogP contribution in [0.3, 0.4) is 0 Å². The summed E-state index contributed by atoms with van der Waals surface area (Å²) in [5, 5.41) is 7.00. The van der Waals surface area contributed by atoms with Gasteiger partial charge in [-0.15, -0.1) is 0 Å². The van der Waals surface area contributed by atoms with Crippen molar-refractivity contribution in [2.75, 3.05) is 13.2 Å². The van der Waals surface area contributed by atoms with Crippen molar-refractivity contribution in [1.82, 2.24) is 10.2 Å². The summed E-state index contributed by atoms with van der Waals surface area (Å²) >= 11 is 0. The maximum absolute atomic E-state index is 12.3. The molecule has 2 rings (SSSR count). The molecule has 0 bridgehead atoms. The third-order valence-electron chi connectivity index (χ3n) is 3.50. The van der Waals surface area contributed by atoms with Gasteiger partial charge in [0.15, 0.2) is 5.78 Å². The van der Waals surface area contributed by atoms with Gasteiger partial charge in [0.2, 0.25) is 0 Å². The van der Waals surface area contributed by atoms with Gasteiger partial charge in [-0.05, 0) is 18.8 Å². The molecular formula is C14H22N2O2. The van der Waals surface area contributed by atoms with E-state index in [1.54, 1.807) is 6.20 Å². The lowest BCUT2D eigenvalue weighted by atomic mass is 9.86. The molecule has 1 fully saturated rings. The lowest BCUT2D eigenvalue weighted by Crippen LogP contribution is -2.21. The second kappa shape index (κ2) is 5.22. The van der Waals surface area contributed by atoms with Gasteiger partial charge in [-0.25, -0.2) is 0 Å². The Labute approximate surface area is 108 Å². The van der Waals surface area contributed by atoms with Crippen LogP contribution in [0.15, 0.2) is 6.20 Å². The summed E-state index contributed by atoms with van der Waals surface area (Å²) in [6, 6.07) is 0. The van der Waals surface area contributed by atoms with Gasteiger partial charge >= 0.3 is 0 Å². The lowest BCUT2D eigenvalue weighted by molar-refractivity contribution is 0.0600. The minimum Gasteiger partial charge on any atom is -0.381 e.